The van der Waals surface area contributed by atoms with E-state index in [1.54, 1.807) is 6.92 Å². The molecule has 2 rings (SSSR count). The molecular formula is C13H13F3O2. The van der Waals surface area contributed by atoms with Crippen LogP contribution in [0.5, 0.6) is 0 Å². The number of ether oxygens (including phenoxy) is 1. The molecule has 0 atom stereocenters. The molecule has 5 heteroatoms. The zero-order valence-corrected chi connectivity index (χ0v) is 9.88. The van der Waals surface area contributed by atoms with Crippen molar-refractivity contribution in [2.45, 2.75) is 31.4 Å². The van der Waals surface area contributed by atoms with Crippen LogP contribution in [0.1, 0.15) is 30.9 Å². The van der Waals surface area contributed by atoms with Crippen molar-refractivity contribution in [3.05, 3.63) is 35.4 Å². The van der Waals surface area contributed by atoms with Crippen LogP contribution in [-0.2, 0) is 21.1 Å². The molecule has 1 fully saturated rings. The van der Waals surface area contributed by atoms with E-state index in [1.165, 1.54) is 12.1 Å². The third-order valence-corrected chi connectivity index (χ3v) is 3.18. The first-order chi connectivity index (χ1) is 8.40. The summed E-state index contributed by atoms with van der Waals surface area (Å²) in [5.74, 6) is -0.343. The van der Waals surface area contributed by atoms with Crippen molar-refractivity contribution in [1.82, 2.24) is 0 Å². The number of hydrogen-bond acceptors (Lipinski definition) is 2. The molecule has 0 aromatic heterocycles. The third-order valence-electron chi connectivity index (χ3n) is 3.18. The maximum atomic E-state index is 12.4. The van der Waals surface area contributed by atoms with Gasteiger partial charge in [0.2, 0.25) is 0 Å². The maximum absolute atomic E-state index is 12.4. The maximum Gasteiger partial charge on any atom is 0.416 e. The molecule has 0 heterocycles. The molecule has 2 nitrogen and oxygen atoms in total. The zero-order valence-electron chi connectivity index (χ0n) is 9.88. The molecular weight excluding hydrogens is 245 g/mol. The molecule has 1 aliphatic rings. The monoisotopic (exact) mass is 258 g/mol. The van der Waals surface area contributed by atoms with Crippen LogP contribution < -0.4 is 0 Å². The molecule has 0 saturated heterocycles. The molecule has 0 unspecified atom stereocenters. The van der Waals surface area contributed by atoms with Crippen molar-refractivity contribution in [3.8, 4) is 0 Å². The minimum Gasteiger partial charge on any atom is -0.465 e. The second-order valence-electron chi connectivity index (χ2n) is 4.38. The molecule has 0 N–H and O–H groups in total. The molecule has 18 heavy (non-hydrogen) atoms. The van der Waals surface area contributed by atoms with Gasteiger partial charge in [-0.2, -0.15) is 13.2 Å². The van der Waals surface area contributed by atoms with Crippen molar-refractivity contribution < 1.29 is 22.7 Å². The Labute approximate surface area is 103 Å². The normalized spacial score (nSPS) is 17.3. The van der Waals surface area contributed by atoms with E-state index in [2.05, 4.69) is 0 Å². The molecule has 98 valence electrons. The topological polar surface area (TPSA) is 26.3 Å². The Hall–Kier alpha value is -1.52. The van der Waals surface area contributed by atoms with Crippen LogP contribution in [0, 0.1) is 0 Å². The summed E-state index contributed by atoms with van der Waals surface area (Å²) in [6, 6.07) is 4.75. The second-order valence-corrected chi connectivity index (χ2v) is 4.38. The average molecular weight is 258 g/mol. The van der Waals surface area contributed by atoms with Crippen LogP contribution >= 0.6 is 0 Å². The van der Waals surface area contributed by atoms with Crippen molar-refractivity contribution in [2.75, 3.05) is 6.61 Å². The lowest BCUT2D eigenvalue weighted by atomic mass is 9.95. The van der Waals surface area contributed by atoms with E-state index in [-0.39, 0.29) is 12.6 Å². The van der Waals surface area contributed by atoms with E-state index in [0.717, 1.165) is 12.1 Å². The first-order valence-electron chi connectivity index (χ1n) is 5.75. The standard InChI is InChI=1S/C13H13F3O2/c1-2-18-11(17)12(7-8-12)9-3-5-10(6-4-9)13(14,15)16/h3-6H,2,7-8H2,1H3. The molecule has 1 aromatic rings. The lowest BCUT2D eigenvalue weighted by Gasteiger charge is -2.15. The molecule has 0 aliphatic heterocycles. The fourth-order valence-corrected chi connectivity index (χ4v) is 1.98. The first kappa shape index (κ1) is 12.9. The van der Waals surface area contributed by atoms with E-state index in [1.807, 2.05) is 0 Å². The molecule has 0 amide bonds. The van der Waals surface area contributed by atoms with Gasteiger partial charge in [-0.15, -0.1) is 0 Å². The van der Waals surface area contributed by atoms with Crippen molar-refractivity contribution in [3.63, 3.8) is 0 Å². The van der Waals surface area contributed by atoms with Gasteiger partial charge in [-0.1, -0.05) is 12.1 Å². The Bertz CT molecular complexity index is 444. The van der Waals surface area contributed by atoms with Crippen LogP contribution in [0.15, 0.2) is 24.3 Å². The largest absolute Gasteiger partial charge is 0.465 e. The summed E-state index contributed by atoms with van der Waals surface area (Å²) in [5, 5.41) is 0. The summed E-state index contributed by atoms with van der Waals surface area (Å²) >= 11 is 0. The van der Waals surface area contributed by atoms with Gasteiger partial charge in [-0.25, -0.2) is 0 Å². The summed E-state index contributed by atoms with van der Waals surface area (Å²) in [6.07, 6.45) is -3.08. The highest BCUT2D eigenvalue weighted by molar-refractivity contribution is 5.86. The Morgan fingerprint density at radius 1 is 1.28 bits per heavy atom. The summed E-state index contributed by atoms with van der Waals surface area (Å²) in [6.45, 7) is 1.99. The van der Waals surface area contributed by atoms with Gasteiger partial charge in [0, 0.05) is 0 Å². The Balaban J connectivity index is 2.23. The predicted octanol–water partition coefficient (Wildman–Crippen LogP) is 3.30. The van der Waals surface area contributed by atoms with Crippen molar-refractivity contribution in [1.29, 1.82) is 0 Å². The summed E-state index contributed by atoms with van der Waals surface area (Å²) < 4.78 is 42.2. The highest BCUT2D eigenvalue weighted by Gasteiger charge is 2.52. The van der Waals surface area contributed by atoms with Crippen LogP contribution in [0.25, 0.3) is 0 Å². The highest BCUT2D eigenvalue weighted by Crippen LogP contribution is 2.49. The lowest BCUT2D eigenvalue weighted by molar-refractivity contribution is -0.146. The number of carbonyl (C=O) groups is 1. The summed E-state index contributed by atoms with van der Waals surface area (Å²) in [5.41, 5.74) is -0.806. The van der Waals surface area contributed by atoms with E-state index < -0.39 is 17.2 Å². The van der Waals surface area contributed by atoms with Gasteiger partial charge in [0.15, 0.2) is 0 Å². The lowest BCUT2D eigenvalue weighted by Crippen LogP contribution is -2.23. The molecule has 1 aromatic carbocycles. The molecule has 0 radical (unpaired) electrons. The average Bonchev–Trinajstić information content (AvgIpc) is 3.09. The molecule has 1 saturated carbocycles. The van der Waals surface area contributed by atoms with Gasteiger partial charge >= 0.3 is 12.1 Å². The van der Waals surface area contributed by atoms with Crippen LogP contribution in [-0.4, -0.2) is 12.6 Å². The number of halogens is 3. The SMILES string of the molecule is CCOC(=O)C1(c2ccc(C(F)(F)F)cc2)CC1. The van der Waals surface area contributed by atoms with Crippen molar-refractivity contribution in [2.24, 2.45) is 0 Å². The summed E-state index contributed by atoms with van der Waals surface area (Å²) in [4.78, 5) is 11.8. The van der Waals surface area contributed by atoms with Crippen LogP contribution in [0.4, 0.5) is 13.2 Å². The fourth-order valence-electron chi connectivity index (χ4n) is 1.98. The van der Waals surface area contributed by atoms with Crippen LogP contribution in [0.3, 0.4) is 0 Å². The van der Waals surface area contributed by atoms with E-state index in [0.29, 0.717) is 18.4 Å². The highest BCUT2D eigenvalue weighted by atomic mass is 19.4. The number of rotatable bonds is 3. The smallest absolute Gasteiger partial charge is 0.416 e. The summed E-state index contributed by atoms with van der Waals surface area (Å²) in [7, 11) is 0. The van der Waals surface area contributed by atoms with Crippen molar-refractivity contribution >= 4 is 5.97 Å². The van der Waals surface area contributed by atoms with Crippen LogP contribution in [0.2, 0.25) is 0 Å². The van der Waals surface area contributed by atoms with E-state index >= 15 is 0 Å². The molecule has 1 aliphatic carbocycles. The fraction of sp³-hybridized carbons (Fsp3) is 0.462. The van der Waals surface area contributed by atoms with Gasteiger partial charge in [-0.3, -0.25) is 4.79 Å². The second kappa shape index (κ2) is 4.30. The van der Waals surface area contributed by atoms with E-state index in [9.17, 15) is 18.0 Å². The van der Waals surface area contributed by atoms with Gasteiger partial charge in [0.05, 0.1) is 17.6 Å². The van der Waals surface area contributed by atoms with Gasteiger partial charge in [0.25, 0.3) is 0 Å². The minimum absolute atomic E-state index is 0.279. The first-order valence-corrected chi connectivity index (χ1v) is 5.75. The molecule has 0 spiro atoms. The van der Waals surface area contributed by atoms with E-state index in [4.69, 9.17) is 4.74 Å². The number of hydrogen-bond donors (Lipinski definition) is 0. The number of alkyl halides is 3. The zero-order chi connectivity index (χ0) is 13.4. The van der Waals surface area contributed by atoms with Gasteiger partial charge in [-0.05, 0) is 37.5 Å². The Morgan fingerprint density at radius 2 is 1.83 bits per heavy atom. The third kappa shape index (κ3) is 2.21. The number of carbonyl (C=O) groups excluding carboxylic acids is 1. The molecule has 0 bridgehead atoms. The number of esters is 1. The predicted molar refractivity (Wildman–Crippen MR) is 59.0 cm³/mol. The minimum atomic E-state index is -4.35. The van der Waals surface area contributed by atoms with Gasteiger partial charge in [0.1, 0.15) is 0 Å². The van der Waals surface area contributed by atoms with Gasteiger partial charge < -0.3 is 4.74 Å². The number of benzene rings is 1. The Kier molecular flexibility index (Phi) is 3.09. The quantitative estimate of drug-likeness (QED) is 0.777. The Morgan fingerprint density at radius 3 is 2.22 bits per heavy atom.